The average molecular weight is 473 g/mol. The Morgan fingerprint density at radius 1 is 1.09 bits per heavy atom. The molecule has 3 aromatic rings. The molecule has 166 valence electrons. The molecule has 1 aliphatic rings. The molecule has 0 saturated heterocycles. The number of ether oxygens (including phenoxy) is 2. The lowest BCUT2D eigenvalue weighted by Gasteiger charge is -2.34. The Hall–Kier alpha value is -3.23. The van der Waals surface area contributed by atoms with E-state index in [0.29, 0.717) is 33.5 Å². The van der Waals surface area contributed by atoms with Crippen LogP contribution >= 0.6 is 11.6 Å². The van der Waals surface area contributed by atoms with Crippen LogP contribution in [0.3, 0.4) is 0 Å². The number of sulfonamides is 1. The van der Waals surface area contributed by atoms with Crippen molar-refractivity contribution in [2.75, 3.05) is 23.3 Å². The summed E-state index contributed by atoms with van der Waals surface area (Å²) < 4.78 is 39.1. The Bertz CT molecular complexity index is 1260. The number of methoxy groups -OCH3 is 1. The number of fused-ring (bicyclic) bond motifs is 1. The monoisotopic (exact) mass is 472 g/mol. The number of para-hydroxylation sites is 2. The maximum atomic E-state index is 13.5. The predicted molar refractivity (Wildman–Crippen MR) is 123 cm³/mol. The third-order valence-electron chi connectivity index (χ3n) is 5.20. The first-order valence-corrected chi connectivity index (χ1v) is 11.6. The highest BCUT2D eigenvalue weighted by Gasteiger charge is 2.37. The summed E-state index contributed by atoms with van der Waals surface area (Å²) in [4.78, 5) is 13.1. The van der Waals surface area contributed by atoms with Gasteiger partial charge in [-0.05, 0) is 61.0 Å². The fraction of sp³-hybridized carbons (Fsp3) is 0.174. The summed E-state index contributed by atoms with van der Waals surface area (Å²) in [7, 11) is -2.45. The summed E-state index contributed by atoms with van der Waals surface area (Å²) in [6, 6.07) is 18.0. The van der Waals surface area contributed by atoms with Crippen LogP contribution in [0, 0.1) is 6.92 Å². The van der Waals surface area contributed by atoms with E-state index in [4.69, 9.17) is 21.1 Å². The zero-order valence-corrected chi connectivity index (χ0v) is 19.0. The van der Waals surface area contributed by atoms with E-state index in [1.807, 2.05) is 0 Å². The molecule has 32 heavy (non-hydrogen) atoms. The largest absolute Gasteiger partial charge is 0.497 e. The van der Waals surface area contributed by atoms with E-state index < -0.39 is 22.0 Å². The number of nitrogens with zero attached hydrogens (tertiary/aromatic N) is 1. The SMILES string of the molecule is COc1ccc(S(=O)(=O)N2CC(C(=O)Nc3cccc(Cl)c3C)Oc3ccccc32)cc1. The van der Waals surface area contributed by atoms with Crippen molar-refractivity contribution in [3.63, 3.8) is 0 Å². The Kier molecular flexibility index (Phi) is 5.99. The third kappa shape index (κ3) is 4.11. The van der Waals surface area contributed by atoms with E-state index in [9.17, 15) is 13.2 Å². The Morgan fingerprint density at radius 3 is 2.53 bits per heavy atom. The van der Waals surface area contributed by atoms with E-state index in [-0.39, 0.29) is 11.4 Å². The summed E-state index contributed by atoms with van der Waals surface area (Å²) in [5, 5.41) is 3.31. The van der Waals surface area contributed by atoms with Gasteiger partial charge < -0.3 is 14.8 Å². The summed E-state index contributed by atoms with van der Waals surface area (Å²) in [5.41, 5.74) is 1.61. The molecule has 1 atom stereocenters. The lowest BCUT2D eigenvalue weighted by molar-refractivity contribution is -0.122. The van der Waals surface area contributed by atoms with Crippen LogP contribution in [-0.2, 0) is 14.8 Å². The second-order valence-corrected chi connectivity index (χ2v) is 9.46. The number of hydrogen-bond donors (Lipinski definition) is 1. The molecule has 0 spiro atoms. The van der Waals surface area contributed by atoms with E-state index in [1.54, 1.807) is 61.5 Å². The first-order valence-electron chi connectivity index (χ1n) is 9.79. The lowest BCUT2D eigenvalue weighted by atomic mass is 10.1. The fourth-order valence-corrected chi connectivity index (χ4v) is 5.05. The molecule has 1 N–H and O–H groups in total. The molecular formula is C23H21ClN2O5S. The number of hydrogen-bond acceptors (Lipinski definition) is 5. The topological polar surface area (TPSA) is 84.9 Å². The predicted octanol–water partition coefficient (Wildman–Crippen LogP) is 4.25. The van der Waals surface area contributed by atoms with Gasteiger partial charge >= 0.3 is 0 Å². The molecular weight excluding hydrogens is 452 g/mol. The average Bonchev–Trinajstić information content (AvgIpc) is 2.81. The highest BCUT2D eigenvalue weighted by atomic mass is 35.5. The van der Waals surface area contributed by atoms with E-state index in [2.05, 4.69) is 5.32 Å². The van der Waals surface area contributed by atoms with Gasteiger partial charge in [-0.25, -0.2) is 8.42 Å². The van der Waals surface area contributed by atoms with E-state index in [0.717, 1.165) is 0 Å². The van der Waals surface area contributed by atoms with Gasteiger partial charge in [-0.2, -0.15) is 0 Å². The van der Waals surface area contributed by atoms with E-state index >= 15 is 0 Å². The van der Waals surface area contributed by atoms with Gasteiger partial charge in [0, 0.05) is 10.7 Å². The van der Waals surface area contributed by atoms with Crippen molar-refractivity contribution in [2.24, 2.45) is 0 Å². The molecule has 0 aliphatic carbocycles. The molecule has 1 aliphatic heterocycles. The molecule has 1 unspecified atom stereocenters. The van der Waals surface area contributed by atoms with Crippen molar-refractivity contribution in [2.45, 2.75) is 17.9 Å². The first-order chi connectivity index (χ1) is 15.3. The minimum absolute atomic E-state index is 0.0832. The van der Waals surface area contributed by atoms with Crippen LogP contribution in [0.4, 0.5) is 11.4 Å². The van der Waals surface area contributed by atoms with Crippen molar-refractivity contribution in [3.05, 3.63) is 77.3 Å². The summed E-state index contributed by atoms with van der Waals surface area (Å²) >= 11 is 6.14. The standard InChI is InChI=1S/C23H21ClN2O5S/c1-15-18(24)6-5-7-19(15)25-23(27)22-14-26(20-8-3-4-9-21(20)31-22)32(28,29)17-12-10-16(30-2)11-13-17/h3-13,22H,14H2,1-2H3,(H,25,27). The second kappa shape index (κ2) is 8.72. The van der Waals surface area contributed by atoms with Crippen LogP contribution in [0.2, 0.25) is 5.02 Å². The zero-order valence-electron chi connectivity index (χ0n) is 17.4. The number of rotatable bonds is 5. The van der Waals surface area contributed by atoms with Crippen LogP contribution in [0.15, 0.2) is 71.6 Å². The van der Waals surface area contributed by atoms with Crippen LogP contribution in [0.25, 0.3) is 0 Å². The third-order valence-corrected chi connectivity index (χ3v) is 7.40. The van der Waals surface area contributed by atoms with Gasteiger partial charge in [0.05, 0.1) is 24.2 Å². The van der Waals surface area contributed by atoms with Gasteiger partial charge in [-0.3, -0.25) is 9.10 Å². The Morgan fingerprint density at radius 2 is 1.81 bits per heavy atom. The van der Waals surface area contributed by atoms with Crippen LogP contribution in [0.1, 0.15) is 5.56 Å². The molecule has 0 fully saturated rings. The molecule has 3 aromatic carbocycles. The molecule has 9 heteroatoms. The maximum Gasteiger partial charge on any atom is 0.267 e. The van der Waals surface area contributed by atoms with Crippen molar-refractivity contribution < 1.29 is 22.7 Å². The quantitative estimate of drug-likeness (QED) is 0.600. The minimum Gasteiger partial charge on any atom is -0.497 e. The number of halogens is 1. The number of nitrogens with one attached hydrogen (secondary N) is 1. The number of benzene rings is 3. The molecule has 4 rings (SSSR count). The smallest absolute Gasteiger partial charge is 0.267 e. The normalized spacial score (nSPS) is 15.5. The Balaban J connectivity index is 1.67. The van der Waals surface area contributed by atoms with Gasteiger partial charge in [0.2, 0.25) is 0 Å². The molecule has 0 aromatic heterocycles. The molecule has 1 amide bonds. The van der Waals surface area contributed by atoms with Gasteiger partial charge in [0.15, 0.2) is 6.10 Å². The van der Waals surface area contributed by atoms with Crippen molar-refractivity contribution in [1.29, 1.82) is 0 Å². The van der Waals surface area contributed by atoms with Gasteiger partial charge in [-0.1, -0.05) is 29.8 Å². The summed E-state index contributed by atoms with van der Waals surface area (Å²) in [6.45, 7) is 1.60. The van der Waals surface area contributed by atoms with E-state index in [1.165, 1.54) is 23.5 Å². The number of carbonyl (C=O) groups is 1. The van der Waals surface area contributed by atoms with Gasteiger partial charge in [0.25, 0.3) is 15.9 Å². The van der Waals surface area contributed by atoms with Crippen LogP contribution in [0.5, 0.6) is 11.5 Å². The highest BCUT2D eigenvalue weighted by molar-refractivity contribution is 7.92. The Labute approximate surface area is 191 Å². The summed E-state index contributed by atoms with van der Waals surface area (Å²) in [6.07, 6.45) is -1.06. The number of amides is 1. The maximum absolute atomic E-state index is 13.5. The number of anilines is 2. The fourth-order valence-electron chi connectivity index (χ4n) is 3.40. The highest BCUT2D eigenvalue weighted by Crippen LogP contribution is 2.37. The summed E-state index contributed by atoms with van der Waals surface area (Å²) in [5.74, 6) is 0.374. The van der Waals surface area contributed by atoms with Crippen LogP contribution < -0.4 is 19.1 Å². The minimum atomic E-state index is -3.96. The molecule has 0 radical (unpaired) electrons. The molecule has 0 bridgehead atoms. The van der Waals surface area contributed by atoms with Crippen molar-refractivity contribution in [1.82, 2.24) is 0 Å². The second-order valence-electron chi connectivity index (χ2n) is 7.19. The molecule has 1 heterocycles. The molecule has 0 saturated carbocycles. The van der Waals surface area contributed by atoms with Crippen LogP contribution in [-0.4, -0.2) is 34.1 Å². The lowest BCUT2D eigenvalue weighted by Crippen LogP contribution is -2.48. The van der Waals surface area contributed by atoms with Gasteiger partial charge in [-0.15, -0.1) is 0 Å². The first kappa shape index (κ1) is 22.0. The number of carbonyl (C=O) groups excluding carboxylic acids is 1. The van der Waals surface area contributed by atoms with Crippen molar-refractivity contribution >= 4 is 38.9 Å². The van der Waals surface area contributed by atoms with Gasteiger partial charge in [0.1, 0.15) is 11.5 Å². The zero-order chi connectivity index (χ0) is 22.9. The van der Waals surface area contributed by atoms with Crippen molar-refractivity contribution in [3.8, 4) is 11.5 Å². The molecule has 7 nitrogen and oxygen atoms in total.